The maximum Gasteiger partial charge on any atom is 0.164 e. The first-order valence-corrected chi connectivity index (χ1v) is 16.9. The molecule has 3 aromatic heterocycles. The zero-order chi connectivity index (χ0) is 33.0. The fourth-order valence-corrected chi connectivity index (χ4v) is 7.27. The van der Waals surface area contributed by atoms with Gasteiger partial charge in [-0.25, -0.2) is 15.0 Å². The van der Waals surface area contributed by atoms with E-state index in [0.717, 1.165) is 84.5 Å². The number of para-hydroxylation sites is 2. The highest BCUT2D eigenvalue weighted by atomic mass is 16.3. The normalized spacial score (nSPS) is 13.3. The Kier molecular flexibility index (Phi) is 6.56. The summed E-state index contributed by atoms with van der Waals surface area (Å²) in [6.07, 6.45) is 6.12. The van der Waals surface area contributed by atoms with Gasteiger partial charge in [-0.2, -0.15) is 0 Å². The number of furan rings is 2. The lowest BCUT2D eigenvalue weighted by molar-refractivity contribution is 0.668. The molecule has 0 amide bonds. The van der Waals surface area contributed by atoms with Crippen LogP contribution in [-0.2, 0) is 0 Å². The first-order valence-electron chi connectivity index (χ1n) is 16.9. The van der Waals surface area contributed by atoms with E-state index in [4.69, 9.17) is 23.8 Å². The summed E-state index contributed by atoms with van der Waals surface area (Å²) in [7, 11) is 0. The van der Waals surface area contributed by atoms with Crippen LogP contribution >= 0.6 is 0 Å². The Labute approximate surface area is 287 Å². The molecule has 50 heavy (non-hydrogen) atoms. The van der Waals surface area contributed by atoms with Crippen LogP contribution in [0.1, 0.15) is 24.2 Å². The van der Waals surface area contributed by atoms with Crippen LogP contribution in [0, 0.1) is 0 Å². The Hall–Kier alpha value is -6.59. The van der Waals surface area contributed by atoms with Crippen molar-refractivity contribution in [3.8, 4) is 33.9 Å². The van der Waals surface area contributed by atoms with E-state index in [0.29, 0.717) is 17.5 Å². The molecule has 236 valence electrons. The molecule has 0 atom stereocenters. The van der Waals surface area contributed by atoms with E-state index in [-0.39, 0.29) is 0 Å². The standard InChI is InChI=1S/C45H29N3O2/c1-3-12-28(13-4-1)29-22-24-31(25-23-29)44-46-43(30-14-5-2-6-15-30)47-45(48-44)36-26-32(27-40-42(36)35-17-8-10-20-38(35)50-40)33-18-11-21-39-41(33)34-16-7-9-19-37(34)49-39/h1-22,24,26-27H,23,25H2. The maximum atomic E-state index is 6.56. The van der Waals surface area contributed by atoms with Crippen molar-refractivity contribution in [2.24, 2.45) is 0 Å². The number of fused-ring (bicyclic) bond motifs is 6. The number of benzene rings is 6. The van der Waals surface area contributed by atoms with Crippen molar-refractivity contribution in [1.29, 1.82) is 0 Å². The van der Waals surface area contributed by atoms with Crippen molar-refractivity contribution in [2.75, 3.05) is 0 Å². The average molecular weight is 644 g/mol. The summed E-state index contributed by atoms with van der Waals surface area (Å²) < 4.78 is 12.8. The molecule has 0 saturated heterocycles. The second-order valence-corrected chi connectivity index (χ2v) is 12.7. The van der Waals surface area contributed by atoms with Gasteiger partial charge in [0.1, 0.15) is 22.3 Å². The van der Waals surface area contributed by atoms with Gasteiger partial charge in [0, 0.05) is 32.7 Å². The molecule has 10 rings (SSSR count). The van der Waals surface area contributed by atoms with Crippen LogP contribution in [0.5, 0.6) is 0 Å². The lowest BCUT2D eigenvalue weighted by Crippen LogP contribution is -2.05. The summed E-state index contributed by atoms with van der Waals surface area (Å²) in [4.78, 5) is 15.5. The third kappa shape index (κ3) is 4.74. The van der Waals surface area contributed by atoms with Gasteiger partial charge in [0.05, 0.1) is 0 Å². The van der Waals surface area contributed by atoms with Crippen LogP contribution in [0.25, 0.3) is 88.9 Å². The second kappa shape index (κ2) is 11.5. The Morgan fingerprint density at radius 3 is 1.66 bits per heavy atom. The Morgan fingerprint density at radius 1 is 0.380 bits per heavy atom. The molecule has 0 fully saturated rings. The van der Waals surface area contributed by atoms with Crippen LogP contribution in [0.4, 0.5) is 0 Å². The molecule has 0 bridgehead atoms. The lowest BCUT2D eigenvalue weighted by Gasteiger charge is -2.16. The molecule has 0 spiro atoms. The predicted octanol–water partition coefficient (Wildman–Crippen LogP) is 11.9. The van der Waals surface area contributed by atoms with Crippen molar-refractivity contribution in [1.82, 2.24) is 15.0 Å². The summed E-state index contributed by atoms with van der Waals surface area (Å²) in [5.41, 5.74) is 10.8. The Morgan fingerprint density at radius 2 is 0.940 bits per heavy atom. The van der Waals surface area contributed by atoms with E-state index in [1.54, 1.807) is 0 Å². The maximum absolute atomic E-state index is 6.56. The largest absolute Gasteiger partial charge is 0.456 e. The zero-order valence-corrected chi connectivity index (χ0v) is 27.0. The third-order valence-corrected chi connectivity index (χ3v) is 9.68. The molecule has 0 aliphatic heterocycles. The van der Waals surface area contributed by atoms with E-state index in [9.17, 15) is 0 Å². The molecule has 9 aromatic rings. The number of hydrogen-bond donors (Lipinski definition) is 0. The number of nitrogens with zero attached hydrogens (tertiary/aromatic N) is 3. The van der Waals surface area contributed by atoms with Crippen LogP contribution in [0.15, 0.2) is 161 Å². The number of rotatable bonds is 5. The van der Waals surface area contributed by atoms with Gasteiger partial charge in [0.25, 0.3) is 0 Å². The molecule has 5 heteroatoms. The molecule has 0 unspecified atom stereocenters. The van der Waals surface area contributed by atoms with Gasteiger partial charge in [-0.05, 0) is 71.0 Å². The highest BCUT2D eigenvalue weighted by Crippen LogP contribution is 2.43. The summed E-state index contributed by atoms with van der Waals surface area (Å²) >= 11 is 0. The molecular weight excluding hydrogens is 615 g/mol. The van der Waals surface area contributed by atoms with E-state index < -0.39 is 0 Å². The van der Waals surface area contributed by atoms with Crippen molar-refractivity contribution in [3.63, 3.8) is 0 Å². The highest BCUT2D eigenvalue weighted by molar-refractivity contribution is 6.16. The van der Waals surface area contributed by atoms with E-state index in [2.05, 4.69) is 91.0 Å². The van der Waals surface area contributed by atoms with Gasteiger partial charge in [-0.15, -0.1) is 0 Å². The van der Waals surface area contributed by atoms with E-state index in [1.807, 2.05) is 60.7 Å². The van der Waals surface area contributed by atoms with Crippen LogP contribution in [0.2, 0.25) is 0 Å². The molecule has 0 N–H and O–H groups in total. The van der Waals surface area contributed by atoms with Crippen molar-refractivity contribution in [2.45, 2.75) is 12.8 Å². The summed E-state index contributed by atoms with van der Waals surface area (Å²) in [5.74, 6) is 1.93. The Balaban J connectivity index is 1.23. The lowest BCUT2D eigenvalue weighted by atomic mass is 9.93. The predicted molar refractivity (Wildman–Crippen MR) is 202 cm³/mol. The molecule has 0 saturated carbocycles. The monoisotopic (exact) mass is 643 g/mol. The molecular formula is C45H29N3O2. The van der Waals surface area contributed by atoms with Gasteiger partial charge < -0.3 is 8.83 Å². The smallest absolute Gasteiger partial charge is 0.164 e. The quantitative estimate of drug-likeness (QED) is 0.187. The van der Waals surface area contributed by atoms with Crippen LogP contribution in [0.3, 0.4) is 0 Å². The Bertz CT molecular complexity index is 2810. The van der Waals surface area contributed by atoms with Gasteiger partial charge in [-0.3, -0.25) is 0 Å². The first kappa shape index (κ1) is 28.4. The highest BCUT2D eigenvalue weighted by Gasteiger charge is 2.22. The van der Waals surface area contributed by atoms with Gasteiger partial charge in [0.2, 0.25) is 0 Å². The topological polar surface area (TPSA) is 65.0 Å². The number of aromatic nitrogens is 3. The van der Waals surface area contributed by atoms with Crippen molar-refractivity contribution in [3.05, 3.63) is 163 Å². The summed E-state index contributed by atoms with van der Waals surface area (Å²) in [6, 6.07) is 47.6. The van der Waals surface area contributed by atoms with Gasteiger partial charge >= 0.3 is 0 Å². The first-order chi connectivity index (χ1) is 24.8. The second-order valence-electron chi connectivity index (χ2n) is 12.7. The minimum absolute atomic E-state index is 0.607. The molecule has 0 radical (unpaired) electrons. The molecule has 6 aromatic carbocycles. The van der Waals surface area contributed by atoms with Gasteiger partial charge in [0.15, 0.2) is 17.5 Å². The molecule has 1 aliphatic carbocycles. The third-order valence-electron chi connectivity index (χ3n) is 9.68. The summed E-state index contributed by atoms with van der Waals surface area (Å²) in [6.45, 7) is 0. The van der Waals surface area contributed by atoms with Crippen LogP contribution < -0.4 is 0 Å². The molecule has 1 aliphatic rings. The van der Waals surface area contributed by atoms with Crippen LogP contribution in [-0.4, -0.2) is 15.0 Å². The fraction of sp³-hybridized carbons (Fsp3) is 0.0444. The average Bonchev–Trinajstić information content (AvgIpc) is 3.77. The minimum Gasteiger partial charge on any atom is -0.456 e. The minimum atomic E-state index is 0.607. The van der Waals surface area contributed by atoms with Gasteiger partial charge in [-0.1, -0.05) is 121 Å². The molecule has 5 nitrogen and oxygen atoms in total. The van der Waals surface area contributed by atoms with Crippen molar-refractivity contribution >= 4 is 55.0 Å². The summed E-state index contributed by atoms with van der Waals surface area (Å²) in [5, 5.41) is 4.14. The van der Waals surface area contributed by atoms with E-state index >= 15 is 0 Å². The van der Waals surface area contributed by atoms with E-state index in [1.165, 1.54) is 11.1 Å². The SMILES string of the molecule is C1=C(c2ccccc2)CCC(c2nc(-c3ccccc3)nc(-c3cc(-c4cccc5oc6ccccc6c45)cc4oc5ccccc5c34)n2)=C1. The fourth-order valence-electron chi connectivity index (χ4n) is 7.27. The number of hydrogen-bond acceptors (Lipinski definition) is 5. The molecule has 3 heterocycles. The van der Waals surface area contributed by atoms with Crippen molar-refractivity contribution < 1.29 is 8.83 Å². The number of allylic oxidation sites excluding steroid dienone is 4. The zero-order valence-electron chi connectivity index (χ0n) is 27.0.